The standard InChI is InChI=1S/C66H92BN9O22/c1-6-49-50-34-48(98-67(5)85)12-13-54(50)71-61-51(49)39-75-56(61)35-53-52(63(75)82)40-95-64(83)66(53,7-2)97-65(84)96-41-55(44(3)4)70-58(78)43-94-42-57(77)68-16-18-86-20-22-88-24-26-90-28-30-92-32-33-93-31-29-91-27-25-89-23-21-87-19-17-74-38-47(72-73-74)36-69-62(81)46-10-8-45(9-11-46)37-76-59(79)14-15-60(76)80/h12-15,34-35,38,44-46,55,85H,6-11,16-33,36-37,39-43H2,1-5H3,(H,68,77)(H,69,81)(H,70,78). The van der Waals surface area contributed by atoms with Crippen molar-refractivity contribution in [1.82, 2.24) is 45.4 Å². The Bertz CT molecular complexity index is 3390. The minimum absolute atomic E-state index is 0.0265. The molecule has 536 valence electrons. The number of fused-ring (bicyclic) bond motifs is 5. The first-order valence-corrected chi connectivity index (χ1v) is 33.5. The summed E-state index contributed by atoms with van der Waals surface area (Å²) in [5.74, 6) is -2.14. The Balaban J connectivity index is 0.566. The predicted molar refractivity (Wildman–Crippen MR) is 349 cm³/mol. The van der Waals surface area contributed by atoms with Crippen LogP contribution in [0.1, 0.15) is 87.7 Å². The number of aromatic nitrogens is 5. The van der Waals surface area contributed by atoms with Gasteiger partial charge in [0.2, 0.25) is 23.3 Å². The van der Waals surface area contributed by atoms with Crippen LogP contribution in [0.25, 0.3) is 22.3 Å². The van der Waals surface area contributed by atoms with Gasteiger partial charge in [-0.3, -0.25) is 33.7 Å². The number of aryl methyl sites for hydroxylation is 1. The van der Waals surface area contributed by atoms with Crippen molar-refractivity contribution in [3.05, 3.63) is 80.9 Å². The monoisotopic (exact) mass is 1370 g/mol. The van der Waals surface area contributed by atoms with Gasteiger partial charge >= 0.3 is 19.2 Å². The lowest BCUT2D eigenvalue weighted by molar-refractivity contribution is -0.175. The van der Waals surface area contributed by atoms with Gasteiger partial charge in [-0.1, -0.05) is 32.9 Å². The van der Waals surface area contributed by atoms with Crippen LogP contribution in [0.2, 0.25) is 6.82 Å². The molecule has 0 saturated heterocycles. The molecule has 2 atom stereocenters. The van der Waals surface area contributed by atoms with Crippen LogP contribution in [0.4, 0.5) is 4.79 Å². The Morgan fingerprint density at radius 1 is 0.745 bits per heavy atom. The van der Waals surface area contributed by atoms with E-state index >= 15 is 0 Å². The van der Waals surface area contributed by atoms with Crippen LogP contribution in [-0.4, -0.2) is 228 Å². The second-order valence-electron chi connectivity index (χ2n) is 24.1. The molecule has 3 aliphatic heterocycles. The molecule has 32 heteroatoms. The normalized spacial score (nSPS) is 17.4. The Hall–Kier alpha value is -7.79. The molecule has 0 spiro atoms. The fourth-order valence-corrected chi connectivity index (χ4v) is 11.6. The Morgan fingerprint density at radius 2 is 1.35 bits per heavy atom. The average molecular weight is 1370 g/mol. The molecule has 5 amide bonds. The first-order chi connectivity index (χ1) is 47.5. The van der Waals surface area contributed by atoms with E-state index in [0.717, 1.165) is 29.4 Å². The number of carbonyl (C=O) groups is 7. The van der Waals surface area contributed by atoms with Gasteiger partial charge < -0.3 is 87.0 Å². The third kappa shape index (κ3) is 22.1. The average Bonchev–Trinajstić information content (AvgIpc) is 1.44. The summed E-state index contributed by atoms with van der Waals surface area (Å²) in [5, 5.41) is 27.2. The number of benzene rings is 1. The van der Waals surface area contributed by atoms with E-state index < -0.39 is 61.5 Å². The summed E-state index contributed by atoms with van der Waals surface area (Å²) in [6.45, 7) is 14.9. The van der Waals surface area contributed by atoms with E-state index in [0.29, 0.717) is 160 Å². The van der Waals surface area contributed by atoms with Gasteiger partial charge in [0.15, 0.2) is 0 Å². The maximum Gasteiger partial charge on any atom is 0.519 e. The van der Waals surface area contributed by atoms with E-state index in [-0.39, 0.29) is 92.5 Å². The van der Waals surface area contributed by atoms with E-state index in [1.165, 1.54) is 23.9 Å². The number of imide groups is 1. The molecule has 1 aliphatic carbocycles. The summed E-state index contributed by atoms with van der Waals surface area (Å²) in [6.07, 6.45) is 6.65. The number of hydrogen-bond donors (Lipinski definition) is 4. The van der Waals surface area contributed by atoms with Gasteiger partial charge in [-0.2, -0.15) is 0 Å². The van der Waals surface area contributed by atoms with Crippen LogP contribution >= 0.6 is 0 Å². The van der Waals surface area contributed by atoms with Crippen molar-refractivity contribution < 1.29 is 100 Å². The highest BCUT2D eigenvalue weighted by Gasteiger charge is 2.51. The molecule has 0 radical (unpaired) electrons. The van der Waals surface area contributed by atoms with E-state index in [4.69, 9.17) is 66.5 Å². The smallest absolute Gasteiger partial charge is 0.519 e. The summed E-state index contributed by atoms with van der Waals surface area (Å²) >= 11 is 0. The molecule has 8 rings (SSSR count). The largest absolute Gasteiger partial charge is 0.536 e. The van der Waals surface area contributed by atoms with E-state index in [1.807, 2.05) is 13.0 Å². The van der Waals surface area contributed by atoms with Crippen molar-refractivity contribution in [2.45, 2.75) is 111 Å². The molecule has 4 aromatic rings. The number of amides is 5. The van der Waals surface area contributed by atoms with Crippen LogP contribution in [0.5, 0.6) is 5.75 Å². The molecule has 1 fully saturated rings. The van der Waals surface area contributed by atoms with Crippen molar-refractivity contribution in [3.8, 4) is 17.1 Å². The first kappa shape index (κ1) is 76.0. The number of nitrogens with one attached hydrogen (secondary N) is 3. The summed E-state index contributed by atoms with van der Waals surface area (Å²) < 4.78 is 75.3. The lowest BCUT2D eigenvalue weighted by Gasteiger charge is -2.35. The number of carbonyl (C=O) groups excluding carboxylic acids is 7. The molecule has 4 aliphatic rings. The maximum atomic E-state index is 14.2. The Morgan fingerprint density at radius 3 is 1.94 bits per heavy atom. The number of nitrogens with zero attached hydrogens (tertiary/aromatic N) is 6. The van der Waals surface area contributed by atoms with Crippen molar-refractivity contribution in [1.29, 1.82) is 0 Å². The maximum absolute atomic E-state index is 14.2. The molecular formula is C66H92BN9O22. The van der Waals surface area contributed by atoms with Gasteiger partial charge in [-0.25, -0.2) is 19.3 Å². The summed E-state index contributed by atoms with van der Waals surface area (Å²) in [6, 6.07) is 6.23. The number of pyridine rings is 2. The van der Waals surface area contributed by atoms with Gasteiger partial charge in [0.1, 0.15) is 37.9 Å². The van der Waals surface area contributed by atoms with E-state index in [9.17, 15) is 43.4 Å². The first-order valence-electron chi connectivity index (χ1n) is 33.5. The highest BCUT2D eigenvalue weighted by atomic mass is 16.7. The number of ether oxygens (including phenoxy) is 12. The third-order valence-corrected chi connectivity index (χ3v) is 16.9. The summed E-state index contributed by atoms with van der Waals surface area (Å²) in [7, 11) is -1.02. The van der Waals surface area contributed by atoms with E-state index in [2.05, 4.69) is 26.3 Å². The lowest BCUT2D eigenvalue weighted by atomic mass is 9.81. The molecule has 1 aromatic carbocycles. The van der Waals surface area contributed by atoms with Crippen LogP contribution in [-0.2, 0) is 124 Å². The molecular weight excluding hydrogens is 1280 g/mol. The third-order valence-electron chi connectivity index (χ3n) is 16.9. The SMILES string of the molecule is CCc1c2c(nc3ccc(OB(C)O)cc13)-c1cc3c(c(=O)n1C2)COC(=O)C3(CC)OC(=O)OCC(NC(=O)COCC(=O)NCCOCCOCCOCCOCCOCCOCCOCCOCCn1cc(CNC(=O)C2CCC(CN3C(=O)C=CC3=O)CC2)nn1)C(C)C. The Kier molecular flexibility index (Phi) is 30.3. The molecule has 31 nitrogen and oxygen atoms in total. The number of hydrogen-bond acceptors (Lipinski definition) is 25. The quantitative estimate of drug-likeness (QED) is 0.0188. The highest BCUT2D eigenvalue weighted by Crippen LogP contribution is 2.43. The van der Waals surface area contributed by atoms with Crippen LogP contribution in [0, 0.1) is 17.8 Å². The number of esters is 1. The zero-order valence-electron chi connectivity index (χ0n) is 56.6. The summed E-state index contributed by atoms with van der Waals surface area (Å²) in [4.78, 5) is 109. The summed E-state index contributed by atoms with van der Waals surface area (Å²) in [5.41, 5.74) is 1.91. The van der Waals surface area contributed by atoms with Gasteiger partial charge in [-0.05, 0) is 87.0 Å². The minimum Gasteiger partial charge on any atom is -0.536 e. The minimum atomic E-state index is -2.03. The molecule has 0 bridgehead atoms. The zero-order valence-corrected chi connectivity index (χ0v) is 56.6. The fourth-order valence-electron chi connectivity index (χ4n) is 11.6. The second-order valence-corrected chi connectivity index (χ2v) is 24.1. The fraction of sp³-hybridized carbons (Fsp3) is 0.621. The number of cyclic esters (lactones) is 1. The highest BCUT2D eigenvalue weighted by molar-refractivity contribution is 6.41. The second kappa shape index (κ2) is 39.1. The van der Waals surface area contributed by atoms with Crippen LogP contribution in [0.15, 0.2) is 47.4 Å². The van der Waals surface area contributed by atoms with Crippen molar-refractivity contribution in [3.63, 3.8) is 0 Å². The Labute approximate surface area is 568 Å². The molecule has 6 heterocycles. The topological polar surface area (TPSA) is 365 Å². The van der Waals surface area contributed by atoms with Gasteiger partial charge in [0.05, 0.1) is 160 Å². The van der Waals surface area contributed by atoms with Gasteiger partial charge in [0, 0.05) is 47.7 Å². The molecule has 98 heavy (non-hydrogen) atoms. The molecule has 2 unspecified atom stereocenters. The van der Waals surface area contributed by atoms with Crippen molar-refractivity contribution >= 4 is 59.7 Å². The zero-order chi connectivity index (χ0) is 69.8. The van der Waals surface area contributed by atoms with E-state index in [1.54, 1.807) is 54.4 Å². The van der Waals surface area contributed by atoms with Crippen LogP contribution < -0.4 is 26.2 Å². The number of rotatable bonds is 45. The van der Waals surface area contributed by atoms with Crippen molar-refractivity contribution in [2.24, 2.45) is 17.8 Å². The van der Waals surface area contributed by atoms with Crippen molar-refractivity contribution in [2.75, 3.05) is 139 Å². The van der Waals surface area contributed by atoms with Gasteiger partial charge in [0.25, 0.3) is 17.4 Å². The molecule has 1 saturated carbocycles. The predicted octanol–water partition coefficient (Wildman–Crippen LogP) is 2.34. The molecule has 4 N–H and O–H groups in total. The van der Waals surface area contributed by atoms with Gasteiger partial charge in [-0.15, -0.1) is 5.10 Å². The molecule has 3 aromatic heterocycles. The van der Waals surface area contributed by atoms with Crippen LogP contribution in [0.3, 0.4) is 0 Å². The lowest BCUT2D eigenvalue weighted by Crippen LogP contribution is -2.48.